The molecule has 0 unspecified atom stereocenters. The van der Waals surface area contributed by atoms with Crippen LogP contribution in [-0.2, 0) is 0 Å². The maximum Gasteiger partial charge on any atom is 0.187 e. The van der Waals surface area contributed by atoms with Crippen LogP contribution in [-0.4, -0.2) is 9.97 Å². The molecule has 0 aliphatic carbocycles. The molecule has 2 heterocycles. The molecule has 0 aliphatic heterocycles. The van der Waals surface area contributed by atoms with Crippen molar-refractivity contribution in [2.45, 2.75) is 0 Å². The number of thiazole rings is 2. The molecule has 96 valence electrons. The minimum absolute atomic E-state index is 0.278. The lowest BCUT2D eigenvalue weighted by Gasteiger charge is -2.04. The monoisotopic (exact) mass is 355 g/mol. The van der Waals surface area contributed by atoms with Crippen molar-refractivity contribution in [2.75, 3.05) is 5.32 Å². The fourth-order valence-corrected chi connectivity index (χ4v) is 3.32. The molecular formula is C12H7BrFN3S2. The molecule has 2 aromatic heterocycles. The van der Waals surface area contributed by atoms with E-state index >= 15 is 0 Å². The zero-order valence-electron chi connectivity index (χ0n) is 9.43. The summed E-state index contributed by atoms with van der Waals surface area (Å²) in [4.78, 5) is 8.66. The molecule has 1 aromatic carbocycles. The van der Waals surface area contributed by atoms with E-state index in [1.807, 2.05) is 10.8 Å². The van der Waals surface area contributed by atoms with Crippen molar-refractivity contribution in [1.82, 2.24) is 9.97 Å². The summed E-state index contributed by atoms with van der Waals surface area (Å²) in [6, 6.07) is 4.49. The Bertz CT molecular complexity index is 697. The van der Waals surface area contributed by atoms with E-state index in [1.165, 1.54) is 23.5 Å². The molecule has 7 heteroatoms. The van der Waals surface area contributed by atoms with Crippen LogP contribution in [0.15, 0.2) is 39.6 Å². The van der Waals surface area contributed by atoms with Crippen LogP contribution in [0.4, 0.5) is 15.2 Å². The first-order valence-electron chi connectivity index (χ1n) is 5.30. The Morgan fingerprint density at radius 3 is 2.89 bits per heavy atom. The third kappa shape index (κ3) is 2.83. The van der Waals surface area contributed by atoms with Crippen LogP contribution in [0.3, 0.4) is 0 Å². The van der Waals surface area contributed by atoms with Gasteiger partial charge in [0.25, 0.3) is 0 Å². The van der Waals surface area contributed by atoms with Gasteiger partial charge in [0.15, 0.2) is 5.13 Å². The molecule has 0 saturated carbocycles. The van der Waals surface area contributed by atoms with Crippen molar-refractivity contribution in [1.29, 1.82) is 0 Å². The molecule has 0 saturated heterocycles. The minimum atomic E-state index is -0.278. The zero-order chi connectivity index (χ0) is 13.2. The summed E-state index contributed by atoms with van der Waals surface area (Å²) in [5.74, 6) is -0.278. The number of nitrogens with one attached hydrogen (secondary N) is 1. The lowest BCUT2D eigenvalue weighted by molar-refractivity contribution is 0.627. The molecule has 0 amide bonds. The smallest absolute Gasteiger partial charge is 0.187 e. The van der Waals surface area contributed by atoms with E-state index in [2.05, 4.69) is 31.2 Å². The lowest BCUT2D eigenvalue weighted by Crippen LogP contribution is -1.91. The van der Waals surface area contributed by atoms with Gasteiger partial charge >= 0.3 is 0 Å². The summed E-state index contributed by atoms with van der Waals surface area (Å²) in [6.45, 7) is 0. The van der Waals surface area contributed by atoms with Gasteiger partial charge in [0, 0.05) is 21.4 Å². The molecule has 0 fully saturated rings. The quantitative estimate of drug-likeness (QED) is 0.725. The number of hydrogen-bond donors (Lipinski definition) is 1. The summed E-state index contributed by atoms with van der Waals surface area (Å²) in [7, 11) is 0. The van der Waals surface area contributed by atoms with Crippen molar-refractivity contribution in [3.8, 4) is 10.7 Å². The van der Waals surface area contributed by atoms with Crippen LogP contribution in [0, 0.1) is 5.82 Å². The maximum atomic E-state index is 13.0. The minimum Gasteiger partial charge on any atom is -0.331 e. The normalized spacial score (nSPS) is 10.6. The van der Waals surface area contributed by atoms with Crippen molar-refractivity contribution in [3.05, 3.63) is 45.4 Å². The van der Waals surface area contributed by atoms with E-state index in [1.54, 1.807) is 23.6 Å². The predicted molar refractivity (Wildman–Crippen MR) is 80.6 cm³/mol. The van der Waals surface area contributed by atoms with Crippen LogP contribution in [0.5, 0.6) is 0 Å². The van der Waals surface area contributed by atoms with Gasteiger partial charge in [-0.05, 0) is 34.1 Å². The summed E-state index contributed by atoms with van der Waals surface area (Å²) in [5.41, 5.74) is 1.63. The second-order valence-electron chi connectivity index (χ2n) is 3.62. The Kier molecular flexibility index (Phi) is 3.58. The van der Waals surface area contributed by atoms with Gasteiger partial charge in [0.2, 0.25) is 0 Å². The molecule has 3 rings (SSSR count). The highest BCUT2D eigenvalue weighted by molar-refractivity contribution is 9.10. The van der Waals surface area contributed by atoms with Crippen molar-refractivity contribution < 1.29 is 4.39 Å². The van der Waals surface area contributed by atoms with E-state index in [0.29, 0.717) is 4.47 Å². The number of rotatable bonds is 3. The van der Waals surface area contributed by atoms with Gasteiger partial charge in [-0.3, -0.25) is 0 Å². The standard InChI is InChI=1S/C12H7BrFN3S2/c13-8-5-7(14)1-2-9(8)16-12-17-10(6-19-12)11-15-3-4-18-11/h1-6H,(H,16,17). The third-order valence-electron chi connectivity index (χ3n) is 2.33. The fraction of sp³-hybridized carbons (Fsp3) is 0. The number of aromatic nitrogens is 2. The Hall–Kier alpha value is -1.31. The van der Waals surface area contributed by atoms with Crippen molar-refractivity contribution in [3.63, 3.8) is 0 Å². The summed E-state index contributed by atoms with van der Waals surface area (Å²) in [5, 5.41) is 8.65. The molecule has 0 atom stereocenters. The average Bonchev–Trinajstić information content (AvgIpc) is 3.03. The predicted octanol–water partition coefficient (Wildman–Crippen LogP) is 4.91. The molecule has 0 radical (unpaired) electrons. The van der Waals surface area contributed by atoms with E-state index in [4.69, 9.17) is 0 Å². The SMILES string of the molecule is Fc1ccc(Nc2nc(-c3nccs3)cs2)c(Br)c1. The van der Waals surface area contributed by atoms with Crippen LogP contribution < -0.4 is 5.32 Å². The molecule has 3 nitrogen and oxygen atoms in total. The molecular weight excluding hydrogens is 349 g/mol. The maximum absolute atomic E-state index is 13.0. The highest BCUT2D eigenvalue weighted by Crippen LogP contribution is 2.31. The Labute approximate surface area is 125 Å². The van der Waals surface area contributed by atoms with Crippen LogP contribution in [0.25, 0.3) is 10.7 Å². The first-order chi connectivity index (χ1) is 9.22. The van der Waals surface area contributed by atoms with Crippen LogP contribution >= 0.6 is 38.6 Å². The molecule has 0 aliphatic rings. The zero-order valence-corrected chi connectivity index (χ0v) is 12.6. The van der Waals surface area contributed by atoms with Gasteiger partial charge < -0.3 is 5.32 Å². The van der Waals surface area contributed by atoms with E-state index in [-0.39, 0.29) is 5.82 Å². The molecule has 3 aromatic rings. The first-order valence-corrected chi connectivity index (χ1v) is 7.85. The van der Waals surface area contributed by atoms with Gasteiger partial charge in [-0.15, -0.1) is 22.7 Å². The Balaban J connectivity index is 1.84. The third-order valence-corrected chi connectivity index (χ3v) is 4.54. The number of benzene rings is 1. The lowest BCUT2D eigenvalue weighted by atomic mass is 10.3. The second-order valence-corrected chi connectivity index (χ2v) is 6.23. The molecule has 1 N–H and O–H groups in total. The first kappa shape index (κ1) is 12.7. The van der Waals surface area contributed by atoms with E-state index in [9.17, 15) is 4.39 Å². The van der Waals surface area contributed by atoms with Crippen LogP contribution in [0.1, 0.15) is 0 Å². The largest absolute Gasteiger partial charge is 0.331 e. The molecule has 0 spiro atoms. The topological polar surface area (TPSA) is 37.8 Å². The van der Waals surface area contributed by atoms with E-state index in [0.717, 1.165) is 21.5 Å². The number of nitrogens with zero attached hydrogens (tertiary/aromatic N) is 2. The fourth-order valence-electron chi connectivity index (χ4n) is 1.49. The second kappa shape index (κ2) is 5.36. The van der Waals surface area contributed by atoms with Gasteiger partial charge in [-0.1, -0.05) is 0 Å². The average molecular weight is 356 g/mol. The summed E-state index contributed by atoms with van der Waals surface area (Å²) in [6.07, 6.45) is 1.75. The van der Waals surface area contributed by atoms with Gasteiger partial charge in [-0.2, -0.15) is 0 Å². The highest BCUT2D eigenvalue weighted by atomic mass is 79.9. The number of halogens is 2. The summed E-state index contributed by atoms with van der Waals surface area (Å²) >= 11 is 6.35. The van der Waals surface area contributed by atoms with E-state index < -0.39 is 0 Å². The van der Waals surface area contributed by atoms with Gasteiger partial charge in [0.1, 0.15) is 16.5 Å². The summed E-state index contributed by atoms with van der Waals surface area (Å²) < 4.78 is 13.7. The number of hydrogen-bond acceptors (Lipinski definition) is 5. The van der Waals surface area contributed by atoms with Crippen molar-refractivity contribution >= 4 is 49.4 Å². The number of anilines is 2. The van der Waals surface area contributed by atoms with Gasteiger partial charge in [-0.25, -0.2) is 14.4 Å². The Morgan fingerprint density at radius 2 is 2.16 bits per heavy atom. The van der Waals surface area contributed by atoms with Crippen LogP contribution in [0.2, 0.25) is 0 Å². The molecule has 0 bridgehead atoms. The van der Waals surface area contributed by atoms with Crippen molar-refractivity contribution in [2.24, 2.45) is 0 Å². The molecule has 19 heavy (non-hydrogen) atoms. The van der Waals surface area contributed by atoms with Gasteiger partial charge in [0.05, 0.1) is 5.69 Å². The Morgan fingerprint density at radius 1 is 1.26 bits per heavy atom. The highest BCUT2D eigenvalue weighted by Gasteiger charge is 2.08.